The minimum Gasteiger partial charge on any atom is -0.462 e. The van der Waals surface area contributed by atoms with Gasteiger partial charge in [-0.1, -0.05) is 0 Å². The van der Waals surface area contributed by atoms with Crippen LogP contribution in [0.15, 0.2) is 12.4 Å². The van der Waals surface area contributed by atoms with Gasteiger partial charge in [-0.2, -0.15) is 0 Å². The molecular formula is C8H9N3O4. The highest BCUT2D eigenvalue weighted by molar-refractivity contribution is 5.96. The molecule has 2 N–H and O–H groups in total. The number of nitrogen functional groups attached to an aromatic ring is 1. The molecule has 0 aliphatic rings. The van der Waals surface area contributed by atoms with Crippen LogP contribution in [0.1, 0.15) is 17.3 Å². The number of hydrogen-bond acceptors (Lipinski definition) is 6. The molecule has 0 unspecified atom stereocenters. The van der Waals surface area contributed by atoms with E-state index in [9.17, 15) is 14.9 Å². The number of nitrogens with zero attached hydrogens (tertiary/aromatic N) is 2. The van der Waals surface area contributed by atoms with Gasteiger partial charge in [-0.3, -0.25) is 15.1 Å². The van der Waals surface area contributed by atoms with E-state index in [2.05, 4.69) is 9.72 Å². The number of hydrogen-bond donors (Lipinski definition) is 1. The first-order valence-corrected chi connectivity index (χ1v) is 4.13. The summed E-state index contributed by atoms with van der Waals surface area (Å²) >= 11 is 0. The molecule has 0 aliphatic heterocycles. The Labute approximate surface area is 85.0 Å². The van der Waals surface area contributed by atoms with Crippen LogP contribution in [0, 0.1) is 10.1 Å². The van der Waals surface area contributed by atoms with Gasteiger partial charge in [0.2, 0.25) is 0 Å². The molecular weight excluding hydrogens is 202 g/mol. The molecule has 15 heavy (non-hydrogen) atoms. The lowest BCUT2D eigenvalue weighted by atomic mass is 10.2. The highest BCUT2D eigenvalue weighted by Crippen LogP contribution is 2.23. The molecule has 1 heterocycles. The van der Waals surface area contributed by atoms with Crippen LogP contribution >= 0.6 is 0 Å². The fourth-order valence-corrected chi connectivity index (χ4v) is 0.976. The molecule has 1 aromatic rings. The van der Waals surface area contributed by atoms with Crippen LogP contribution in [0.2, 0.25) is 0 Å². The second kappa shape index (κ2) is 4.36. The highest BCUT2D eigenvalue weighted by Gasteiger charge is 2.20. The Kier molecular flexibility index (Phi) is 3.17. The van der Waals surface area contributed by atoms with Crippen molar-refractivity contribution in [3.05, 3.63) is 28.1 Å². The van der Waals surface area contributed by atoms with Crippen molar-refractivity contribution in [3.8, 4) is 0 Å². The first kappa shape index (κ1) is 10.9. The Morgan fingerprint density at radius 2 is 2.33 bits per heavy atom. The molecule has 0 aromatic carbocycles. The van der Waals surface area contributed by atoms with Crippen molar-refractivity contribution in [1.29, 1.82) is 0 Å². The minimum atomic E-state index is -0.716. The molecule has 0 bridgehead atoms. The Bertz CT molecular complexity index is 405. The van der Waals surface area contributed by atoms with Crippen molar-refractivity contribution in [2.24, 2.45) is 0 Å². The quantitative estimate of drug-likeness (QED) is 0.449. The summed E-state index contributed by atoms with van der Waals surface area (Å²) in [7, 11) is 0. The predicted octanol–water partition coefficient (Wildman–Crippen LogP) is 0.749. The van der Waals surface area contributed by atoms with Gasteiger partial charge in [-0.25, -0.2) is 4.79 Å². The van der Waals surface area contributed by atoms with Crippen molar-refractivity contribution in [3.63, 3.8) is 0 Å². The molecule has 0 spiro atoms. The van der Waals surface area contributed by atoms with E-state index < -0.39 is 16.6 Å². The highest BCUT2D eigenvalue weighted by atomic mass is 16.6. The number of aromatic nitrogens is 1. The molecule has 0 saturated heterocycles. The Hall–Kier alpha value is -2.18. The maximum atomic E-state index is 11.3. The van der Waals surface area contributed by atoms with Crippen LogP contribution < -0.4 is 5.73 Å². The van der Waals surface area contributed by atoms with Crippen LogP contribution in [0.3, 0.4) is 0 Å². The van der Waals surface area contributed by atoms with Crippen LogP contribution in [0.25, 0.3) is 0 Å². The van der Waals surface area contributed by atoms with Gasteiger partial charge < -0.3 is 10.5 Å². The predicted molar refractivity (Wildman–Crippen MR) is 51.3 cm³/mol. The second-order valence-corrected chi connectivity index (χ2v) is 2.60. The van der Waals surface area contributed by atoms with Gasteiger partial charge in [-0.15, -0.1) is 0 Å². The van der Waals surface area contributed by atoms with Gasteiger partial charge in [-0.05, 0) is 6.92 Å². The van der Waals surface area contributed by atoms with Gasteiger partial charge in [0.25, 0.3) is 0 Å². The summed E-state index contributed by atoms with van der Waals surface area (Å²) in [6, 6.07) is 0. The molecule has 0 aliphatic carbocycles. The van der Waals surface area contributed by atoms with Crippen LogP contribution in [-0.4, -0.2) is 22.5 Å². The van der Waals surface area contributed by atoms with E-state index in [0.717, 1.165) is 12.4 Å². The summed E-state index contributed by atoms with van der Waals surface area (Å²) in [5.41, 5.74) is 4.71. The number of pyridine rings is 1. The largest absolute Gasteiger partial charge is 0.462 e. The number of rotatable bonds is 3. The number of nitrogens with two attached hydrogens (primary N) is 1. The number of nitro groups is 1. The lowest BCUT2D eigenvalue weighted by Gasteiger charge is -2.04. The standard InChI is InChI=1S/C8H9N3O4/c1-2-15-8(12)5-3-10-4-6(7(5)9)11(13)14/h3-4H,2H2,1H3,(H2,9,10). The maximum absolute atomic E-state index is 11.3. The van der Waals surface area contributed by atoms with Gasteiger partial charge in [0.15, 0.2) is 0 Å². The van der Waals surface area contributed by atoms with E-state index in [-0.39, 0.29) is 17.9 Å². The molecule has 0 amide bonds. The lowest BCUT2D eigenvalue weighted by molar-refractivity contribution is -0.384. The summed E-state index contributed by atoms with van der Waals surface area (Å²) in [5, 5.41) is 10.5. The monoisotopic (exact) mass is 211 g/mol. The summed E-state index contributed by atoms with van der Waals surface area (Å²) in [5.74, 6) is -0.716. The third kappa shape index (κ3) is 2.19. The topological polar surface area (TPSA) is 108 Å². The molecule has 7 heteroatoms. The molecule has 0 atom stereocenters. The Morgan fingerprint density at radius 1 is 1.67 bits per heavy atom. The Morgan fingerprint density at radius 3 is 2.87 bits per heavy atom. The normalized spacial score (nSPS) is 9.67. The zero-order valence-corrected chi connectivity index (χ0v) is 7.97. The fourth-order valence-electron chi connectivity index (χ4n) is 0.976. The van der Waals surface area contributed by atoms with Crippen molar-refractivity contribution >= 4 is 17.3 Å². The van der Waals surface area contributed by atoms with Crippen LogP contribution in [-0.2, 0) is 4.74 Å². The number of carbonyl (C=O) groups excluding carboxylic acids is 1. The van der Waals surface area contributed by atoms with E-state index in [1.165, 1.54) is 0 Å². The van der Waals surface area contributed by atoms with E-state index in [1.54, 1.807) is 6.92 Å². The molecule has 0 saturated carbocycles. The molecule has 0 fully saturated rings. The summed E-state index contributed by atoms with van der Waals surface area (Å²) in [6.07, 6.45) is 2.12. The van der Waals surface area contributed by atoms with E-state index in [4.69, 9.17) is 5.73 Å². The minimum absolute atomic E-state index is 0.0916. The molecule has 0 radical (unpaired) electrons. The second-order valence-electron chi connectivity index (χ2n) is 2.60. The summed E-state index contributed by atoms with van der Waals surface area (Å²) in [6.45, 7) is 1.79. The SMILES string of the molecule is CCOC(=O)c1cncc([N+](=O)[O-])c1N. The van der Waals surface area contributed by atoms with Gasteiger partial charge in [0.1, 0.15) is 17.4 Å². The smallest absolute Gasteiger partial charge is 0.342 e. The van der Waals surface area contributed by atoms with Gasteiger partial charge in [0.05, 0.1) is 11.5 Å². The summed E-state index contributed by atoms with van der Waals surface area (Å²) in [4.78, 5) is 24.6. The molecule has 1 rings (SSSR count). The average Bonchev–Trinajstić information content (AvgIpc) is 2.17. The third-order valence-electron chi connectivity index (χ3n) is 1.66. The number of ether oxygens (including phenoxy) is 1. The van der Waals surface area contributed by atoms with Crippen LogP contribution in [0.4, 0.5) is 11.4 Å². The van der Waals surface area contributed by atoms with Crippen molar-refractivity contribution in [1.82, 2.24) is 4.98 Å². The van der Waals surface area contributed by atoms with Crippen molar-refractivity contribution < 1.29 is 14.5 Å². The van der Waals surface area contributed by atoms with E-state index >= 15 is 0 Å². The van der Waals surface area contributed by atoms with Crippen molar-refractivity contribution in [2.75, 3.05) is 12.3 Å². The number of esters is 1. The lowest BCUT2D eigenvalue weighted by Crippen LogP contribution is -2.10. The number of anilines is 1. The zero-order chi connectivity index (χ0) is 11.4. The molecule has 1 aromatic heterocycles. The number of carbonyl (C=O) groups is 1. The first-order chi connectivity index (χ1) is 7.07. The van der Waals surface area contributed by atoms with Crippen LogP contribution in [0.5, 0.6) is 0 Å². The molecule has 7 nitrogen and oxygen atoms in total. The Balaban J connectivity index is 3.15. The molecule has 80 valence electrons. The summed E-state index contributed by atoms with van der Waals surface area (Å²) < 4.78 is 4.66. The van der Waals surface area contributed by atoms with Gasteiger partial charge in [0, 0.05) is 6.20 Å². The fraction of sp³-hybridized carbons (Fsp3) is 0.250. The van der Waals surface area contributed by atoms with E-state index in [0.29, 0.717) is 0 Å². The van der Waals surface area contributed by atoms with E-state index in [1.807, 2.05) is 0 Å². The van der Waals surface area contributed by atoms with Gasteiger partial charge >= 0.3 is 11.7 Å². The van der Waals surface area contributed by atoms with Crippen molar-refractivity contribution in [2.45, 2.75) is 6.92 Å². The maximum Gasteiger partial charge on any atom is 0.342 e. The average molecular weight is 211 g/mol. The zero-order valence-electron chi connectivity index (χ0n) is 7.97. The third-order valence-corrected chi connectivity index (χ3v) is 1.66. The first-order valence-electron chi connectivity index (χ1n) is 4.13.